The third kappa shape index (κ3) is 8.10. The Balaban J connectivity index is 5.18. The standard InChI is InChI=1S/C16H32N2O4/c1-10-11-16(8,9)18(13(20)22-15(5,6)7)17-12(19)21-14(2,3)4/h10-11H2,1-9H3,(H,17,19). The molecule has 2 amide bonds. The topological polar surface area (TPSA) is 67.9 Å². The zero-order valence-electron chi connectivity index (χ0n) is 15.5. The molecule has 0 unspecified atom stereocenters. The van der Waals surface area contributed by atoms with Crippen molar-refractivity contribution in [3.8, 4) is 0 Å². The van der Waals surface area contributed by atoms with Crippen LogP contribution in [0.25, 0.3) is 0 Å². The Labute approximate surface area is 134 Å². The van der Waals surface area contributed by atoms with Crippen LogP contribution in [0.1, 0.15) is 75.2 Å². The molecule has 0 aliphatic rings. The molecule has 6 nitrogen and oxygen atoms in total. The summed E-state index contributed by atoms with van der Waals surface area (Å²) in [5.41, 5.74) is 0.643. The summed E-state index contributed by atoms with van der Waals surface area (Å²) >= 11 is 0. The molecule has 0 saturated heterocycles. The van der Waals surface area contributed by atoms with E-state index in [1.54, 1.807) is 41.5 Å². The summed E-state index contributed by atoms with van der Waals surface area (Å²) in [4.78, 5) is 24.4. The fourth-order valence-electron chi connectivity index (χ4n) is 1.87. The van der Waals surface area contributed by atoms with E-state index in [1.807, 2.05) is 20.8 Å². The van der Waals surface area contributed by atoms with E-state index >= 15 is 0 Å². The molecule has 0 bridgehead atoms. The summed E-state index contributed by atoms with van der Waals surface area (Å²) < 4.78 is 10.6. The van der Waals surface area contributed by atoms with Gasteiger partial charge < -0.3 is 9.47 Å². The largest absolute Gasteiger partial charge is 0.443 e. The first-order valence-corrected chi connectivity index (χ1v) is 7.71. The summed E-state index contributed by atoms with van der Waals surface area (Å²) in [5.74, 6) is 0. The van der Waals surface area contributed by atoms with E-state index in [4.69, 9.17) is 9.47 Å². The van der Waals surface area contributed by atoms with Gasteiger partial charge in [0.25, 0.3) is 0 Å². The second-order valence-electron chi connectivity index (χ2n) is 7.99. The van der Waals surface area contributed by atoms with Crippen molar-refractivity contribution in [1.82, 2.24) is 10.4 Å². The number of nitrogens with one attached hydrogen (secondary N) is 1. The van der Waals surface area contributed by atoms with Gasteiger partial charge in [-0.2, -0.15) is 0 Å². The highest BCUT2D eigenvalue weighted by atomic mass is 16.6. The molecule has 0 aromatic heterocycles. The van der Waals surface area contributed by atoms with Crippen LogP contribution in [-0.4, -0.2) is 33.9 Å². The van der Waals surface area contributed by atoms with Crippen LogP contribution < -0.4 is 5.43 Å². The molecule has 0 spiro atoms. The number of amides is 2. The van der Waals surface area contributed by atoms with Gasteiger partial charge in [-0.25, -0.2) is 20.0 Å². The van der Waals surface area contributed by atoms with Gasteiger partial charge in [-0.3, -0.25) is 0 Å². The van der Waals surface area contributed by atoms with Crippen LogP contribution in [0, 0.1) is 0 Å². The van der Waals surface area contributed by atoms with E-state index in [-0.39, 0.29) is 0 Å². The van der Waals surface area contributed by atoms with E-state index in [0.29, 0.717) is 6.42 Å². The summed E-state index contributed by atoms with van der Waals surface area (Å²) in [6.45, 7) is 16.4. The Morgan fingerprint density at radius 3 is 1.73 bits per heavy atom. The van der Waals surface area contributed by atoms with Gasteiger partial charge in [0.05, 0.1) is 5.54 Å². The number of hydrogen-bond acceptors (Lipinski definition) is 4. The van der Waals surface area contributed by atoms with Gasteiger partial charge in [-0.1, -0.05) is 13.3 Å². The normalized spacial score (nSPS) is 12.6. The number of carbonyl (C=O) groups is 2. The zero-order chi connectivity index (χ0) is 17.8. The molecular formula is C16H32N2O4. The van der Waals surface area contributed by atoms with Crippen LogP contribution >= 0.6 is 0 Å². The lowest BCUT2D eigenvalue weighted by Crippen LogP contribution is -2.58. The third-order valence-corrected chi connectivity index (χ3v) is 2.65. The summed E-state index contributed by atoms with van der Waals surface area (Å²) in [5, 5.41) is 1.22. The second-order valence-corrected chi connectivity index (χ2v) is 7.99. The van der Waals surface area contributed by atoms with Crippen molar-refractivity contribution < 1.29 is 19.1 Å². The summed E-state index contributed by atoms with van der Waals surface area (Å²) in [6, 6.07) is 0. The van der Waals surface area contributed by atoms with E-state index in [2.05, 4.69) is 5.43 Å². The Bertz CT molecular complexity index is 392. The molecule has 0 aliphatic carbocycles. The first-order chi connectivity index (χ1) is 9.68. The monoisotopic (exact) mass is 316 g/mol. The van der Waals surface area contributed by atoms with Gasteiger partial charge in [0.1, 0.15) is 11.2 Å². The van der Waals surface area contributed by atoms with Gasteiger partial charge in [0.2, 0.25) is 0 Å². The smallest absolute Gasteiger partial charge is 0.429 e. The van der Waals surface area contributed by atoms with Crippen LogP contribution in [0.5, 0.6) is 0 Å². The van der Waals surface area contributed by atoms with E-state index < -0.39 is 28.9 Å². The zero-order valence-corrected chi connectivity index (χ0v) is 15.5. The van der Waals surface area contributed by atoms with Crippen molar-refractivity contribution in [3.63, 3.8) is 0 Å². The molecule has 0 aliphatic heterocycles. The molecule has 22 heavy (non-hydrogen) atoms. The van der Waals surface area contributed by atoms with E-state index in [0.717, 1.165) is 6.42 Å². The van der Waals surface area contributed by atoms with Crippen molar-refractivity contribution >= 4 is 12.2 Å². The average Bonchev–Trinajstić information content (AvgIpc) is 2.20. The lowest BCUT2D eigenvalue weighted by Gasteiger charge is -2.39. The van der Waals surface area contributed by atoms with Crippen LogP contribution in [0.4, 0.5) is 9.59 Å². The number of hydrazine groups is 1. The van der Waals surface area contributed by atoms with E-state index in [9.17, 15) is 9.59 Å². The van der Waals surface area contributed by atoms with Crippen LogP contribution in [0.3, 0.4) is 0 Å². The number of carbonyl (C=O) groups excluding carboxylic acids is 2. The fraction of sp³-hybridized carbons (Fsp3) is 0.875. The molecule has 0 fully saturated rings. The number of hydrogen-bond donors (Lipinski definition) is 1. The number of rotatable bonds is 3. The molecule has 0 radical (unpaired) electrons. The highest BCUT2D eigenvalue weighted by molar-refractivity contribution is 5.75. The molecule has 0 atom stereocenters. The number of ether oxygens (including phenoxy) is 2. The van der Waals surface area contributed by atoms with Gasteiger partial charge >= 0.3 is 12.2 Å². The van der Waals surface area contributed by atoms with Crippen LogP contribution in [0.2, 0.25) is 0 Å². The fourth-order valence-corrected chi connectivity index (χ4v) is 1.87. The Morgan fingerprint density at radius 1 is 0.909 bits per heavy atom. The van der Waals surface area contributed by atoms with Gasteiger partial charge in [-0.05, 0) is 61.8 Å². The minimum atomic E-state index is -0.678. The minimum Gasteiger partial charge on any atom is -0.443 e. The van der Waals surface area contributed by atoms with Crippen molar-refractivity contribution in [2.24, 2.45) is 0 Å². The summed E-state index contributed by atoms with van der Waals surface area (Å²) in [7, 11) is 0. The molecule has 0 rings (SSSR count). The molecule has 0 aromatic rings. The molecule has 0 aromatic carbocycles. The van der Waals surface area contributed by atoms with Crippen molar-refractivity contribution in [1.29, 1.82) is 0 Å². The first-order valence-electron chi connectivity index (χ1n) is 7.71. The van der Waals surface area contributed by atoms with Gasteiger partial charge in [0, 0.05) is 0 Å². The number of nitrogens with zero attached hydrogens (tertiary/aromatic N) is 1. The maximum absolute atomic E-state index is 12.4. The molecule has 130 valence electrons. The minimum absolute atomic E-state index is 0.589. The lowest BCUT2D eigenvalue weighted by molar-refractivity contribution is -0.0263. The van der Waals surface area contributed by atoms with Crippen molar-refractivity contribution in [2.45, 2.75) is 91.9 Å². The maximum atomic E-state index is 12.4. The molecule has 0 saturated carbocycles. The maximum Gasteiger partial charge on any atom is 0.429 e. The molecule has 1 N–H and O–H groups in total. The first kappa shape index (κ1) is 20.5. The van der Waals surface area contributed by atoms with Gasteiger partial charge in [0.15, 0.2) is 0 Å². The van der Waals surface area contributed by atoms with Crippen molar-refractivity contribution in [3.05, 3.63) is 0 Å². The predicted octanol–water partition coefficient (Wildman–Crippen LogP) is 4.24. The molecule has 6 heteroatoms. The Morgan fingerprint density at radius 2 is 1.36 bits per heavy atom. The highest BCUT2D eigenvalue weighted by Crippen LogP contribution is 2.22. The average molecular weight is 316 g/mol. The highest BCUT2D eigenvalue weighted by Gasteiger charge is 2.36. The molecule has 0 heterocycles. The van der Waals surface area contributed by atoms with Crippen molar-refractivity contribution in [2.75, 3.05) is 0 Å². The Kier molecular flexibility index (Phi) is 6.72. The third-order valence-electron chi connectivity index (χ3n) is 2.65. The second kappa shape index (κ2) is 7.20. The lowest BCUT2D eigenvalue weighted by atomic mass is 9.98. The Hall–Kier alpha value is -1.46. The SMILES string of the molecule is CCCC(C)(C)N(NC(=O)OC(C)(C)C)C(=O)OC(C)(C)C. The predicted molar refractivity (Wildman–Crippen MR) is 86.4 cm³/mol. The quantitative estimate of drug-likeness (QED) is 0.791. The van der Waals surface area contributed by atoms with E-state index in [1.165, 1.54) is 5.01 Å². The summed E-state index contributed by atoms with van der Waals surface area (Å²) in [6.07, 6.45) is 0.295. The molecular weight excluding hydrogens is 284 g/mol. The van der Waals surface area contributed by atoms with Crippen LogP contribution in [0.15, 0.2) is 0 Å². The van der Waals surface area contributed by atoms with Crippen LogP contribution in [-0.2, 0) is 9.47 Å². The van der Waals surface area contributed by atoms with Gasteiger partial charge in [-0.15, -0.1) is 0 Å².